The van der Waals surface area contributed by atoms with Crippen molar-refractivity contribution in [2.45, 2.75) is 232 Å². The maximum atomic E-state index is 12.7. The molecule has 2 unspecified atom stereocenters. The summed E-state index contributed by atoms with van der Waals surface area (Å²) in [5.74, 6) is -0.796. The summed E-state index contributed by atoms with van der Waals surface area (Å²) in [6.45, 7) is 4.42. The molecule has 0 fully saturated rings. The van der Waals surface area contributed by atoms with E-state index >= 15 is 0 Å². The van der Waals surface area contributed by atoms with Crippen molar-refractivity contribution < 1.29 is 42.1 Å². The Morgan fingerprint density at radius 2 is 0.885 bits per heavy atom. The van der Waals surface area contributed by atoms with Crippen LogP contribution in [0.25, 0.3) is 0 Å². The van der Waals surface area contributed by atoms with Gasteiger partial charge >= 0.3 is 19.8 Å². The van der Waals surface area contributed by atoms with Gasteiger partial charge in [0, 0.05) is 12.8 Å². The van der Waals surface area contributed by atoms with Crippen LogP contribution in [0, 0.1) is 0 Å². The van der Waals surface area contributed by atoms with Gasteiger partial charge in [0.1, 0.15) is 19.8 Å². The number of carbonyl (C=O) groups excluding carboxylic acids is 2. The molecule has 10 heteroatoms. The molecular weight excluding hydrogens is 786 g/mol. The third-order valence-corrected chi connectivity index (χ3v) is 11.9. The third-order valence-electron chi connectivity index (χ3n) is 10.9. The fourth-order valence-corrected chi connectivity index (χ4v) is 7.70. The number of esters is 2. The quantitative estimate of drug-likeness (QED) is 0.0212. The molecule has 0 rings (SSSR count). The van der Waals surface area contributed by atoms with E-state index in [1.165, 1.54) is 141 Å². The number of quaternary nitrogens is 1. The number of nitrogens with zero attached hydrogens (tertiary/aromatic N) is 1. The summed E-state index contributed by atoms with van der Waals surface area (Å²) in [7, 11) is 1.48. The van der Waals surface area contributed by atoms with Gasteiger partial charge in [-0.25, -0.2) is 4.57 Å². The van der Waals surface area contributed by atoms with Crippen molar-refractivity contribution in [1.29, 1.82) is 0 Å². The zero-order valence-corrected chi connectivity index (χ0v) is 41.3. The number of phosphoric acid groups is 1. The molecule has 0 amide bonds. The van der Waals surface area contributed by atoms with Crippen molar-refractivity contribution in [3.05, 3.63) is 36.5 Å². The Hall–Kier alpha value is -1.77. The van der Waals surface area contributed by atoms with Gasteiger partial charge < -0.3 is 18.9 Å². The van der Waals surface area contributed by atoms with Gasteiger partial charge in [-0.2, -0.15) is 0 Å². The largest absolute Gasteiger partial charge is 0.472 e. The van der Waals surface area contributed by atoms with E-state index in [0.717, 1.165) is 51.4 Å². The minimum atomic E-state index is -4.38. The third kappa shape index (κ3) is 47.5. The van der Waals surface area contributed by atoms with Crippen LogP contribution in [0.2, 0.25) is 0 Å². The van der Waals surface area contributed by atoms with Crippen molar-refractivity contribution in [2.75, 3.05) is 47.5 Å². The number of unbranched alkanes of at least 4 members (excludes halogenated alkanes) is 26. The summed E-state index contributed by atoms with van der Waals surface area (Å²) >= 11 is 0. The van der Waals surface area contributed by atoms with E-state index in [9.17, 15) is 19.0 Å². The molecule has 0 aliphatic carbocycles. The summed E-state index contributed by atoms with van der Waals surface area (Å²) in [6.07, 6.45) is 50.5. The predicted molar refractivity (Wildman–Crippen MR) is 257 cm³/mol. The molecule has 1 N–H and O–H groups in total. The Bertz CT molecular complexity index is 1130. The first kappa shape index (κ1) is 59.2. The average Bonchev–Trinajstić information content (AvgIpc) is 3.21. The molecule has 0 saturated carbocycles. The number of phosphoric ester groups is 1. The van der Waals surface area contributed by atoms with E-state index in [4.69, 9.17) is 18.5 Å². The highest BCUT2D eigenvalue weighted by Crippen LogP contribution is 2.43. The molecule has 0 heterocycles. The maximum absolute atomic E-state index is 12.7. The molecule has 9 nitrogen and oxygen atoms in total. The minimum Gasteiger partial charge on any atom is -0.462 e. The van der Waals surface area contributed by atoms with E-state index in [-0.39, 0.29) is 25.6 Å². The second kappa shape index (κ2) is 43.5. The van der Waals surface area contributed by atoms with Gasteiger partial charge in [0.05, 0.1) is 27.7 Å². The van der Waals surface area contributed by atoms with E-state index in [1.807, 2.05) is 21.1 Å². The Kier molecular flexibility index (Phi) is 42.2. The maximum Gasteiger partial charge on any atom is 0.472 e. The van der Waals surface area contributed by atoms with Gasteiger partial charge in [-0.1, -0.05) is 198 Å². The molecule has 0 radical (unpaired) electrons. The normalized spacial score (nSPS) is 13.7. The highest BCUT2D eigenvalue weighted by Gasteiger charge is 2.27. The lowest BCUT2D eigenvalue weighted by molar-refractivity contribution is -0.870. The van der Waals surface area contributed by atoms with Crippen LogP contribution >= 0.6 is 7.82 Å². The molecule has 0 saturated heterocycles. The Labute approximate surface area is 376 Å². The molecule has 0 bridgehead atoms. The highest BCUT2D eigenvalue weighted by atomic mass is 31.2. The van der Waals surface area contributed by atoms with Crippen LogP contribution in [0.3, 0.4) is 0 Å². The topological polar surface area (TPSA) is 108 Å². The van der Waals surface area contributed by atoms with Crippen LogP contribution in [0.4, 0.5) is 0 Å². The van der Waals surface area contributed by atoms with Crippen molar-refractivity contribution in [1.82, 2.24) is 0 Å². The van der Waals surface area contributed by atoms with Gasteiger partial charge in [-0.3, -0.25) is 18.6 Å². The standard InChI is InChI=1S/C51H96NO8P/c1-6-8-10-12-14-16-18-20-21-22-23-24-25-26-27-28-29-30-31-32-34-36-38-40-42-44-51(54)60-49(48-59-61(55,56)58-46-45-52(3,4)5)47-57-50(53)43-41-39-37-35-33-19-17-15-13-11-9-7-2/h18,20,22-23,25-26,49H,6-17,19,21,24,27-48H2,1-5H3/p+1/b20-18-,23-22-,26-25-. The lowest BCUT2D eigenvalue weighted by atomic mass is 10.0. The number of likely N-dealkylation sites (N-methyl/N-ethyl adjacent to an activating group) is 1. The van der Waals surface area contributed by atoms with E-state index in [1.54, 1.807) is 0 Å². The highest BCUT2D eigenvalue weighted by molar-refractivity contribution is 7.47. The van der Waals surface area contributed by atoms with Gasteiger partial charge in [0.15, 0.2) is 6.10 Å². The summed E-state index contributed by atoms with van der Waals surface area (Å²) in [5.41, 5.74) is 0. The molecule has 2 atom stereocenters. The molecule has 0 aromatic heterocycles. The van der Waals surface area contributed by atoms with Crippen molar-refractivity contribution in [3.63, 3.8) is 0 Å². The molecule has 0 aromatic carbocycles. The van der Waals surface area contributed by atoms with Gasteiger partial charge in [0.2, 0.25) is 0 Å². The van der Waals surface area contributed by atoms with Gasteiger partial charge in [0.25, 0.3) is 0 Å². The van der Waals surface area contributed by atoms with E-state index in [2.05, 4.69) is 50.3 Å². The number of hydrogen-bond donors (Lipinski definition) is 1. The number of hydrogen-bond acceptors (Lipinski definition) is 7. The second-order valence-electron chi connectivity index (χ2n) is 18.2. The van der Waals surface area contributed by atoms with Crippen molar-refractivity contribution in [3.8, 4) is 0 Å². The molecule has 0 aromatic rings. The van der Waals surface area contributed by atoms with Crippen LogP contribution < -0.4 is 0 Å². The lowest BCUT2D eigenvalue weighted by Crippen LogP contribution is -2.37. The molecule has 0 spiro atoms. The Morgan fingerprint density at radius 1 is 0.508 bits per heavy atom. The van der Waals surface area contributed by atoms with Gasteiger partial charge in [-0.05, 0) is 51.4 Å². The van der Waals surface area contributed by atoms with Crippen molar-refractivity contribution in [2.24, 2.45) is 0 Å². The number of ether oxygens (including phenoxy) is 2. The average molecular weight is 883 g/mol. The van der Waals surface area contributed by atoms with Crippen LogP contribution in [0.5, 0.6) is 0 Å². The fourth-order valence-electron chi connectivity index (χ4n) is 6.96. The van der Waals surface area contributed by atoms with Gasteiger partial charge in [-0.15, -0.1) is 0 Å². The minimum absolute atomic E-state index is 0.0319. The zero-order valence-electron chi connectivity index (χ0n) is 40.4. The molecule has 61 heavy (non-hydrogen) atoms. The first-order valence-corrected chi connectivity index (χ1v) is 26.7. The first-order chi connectivity index (χ1) is 29.5. The van der Waals surface area contributed by atoms with Crippen LogP contribution in [0.1, 0.15) is 226 Å². The van der Waals surface area contributed by atoms with Crippen LogP contribution in [0.15, 0.2) is 36.5 Å². The molecule has 0 aliphatic heterocycles. The predicted octanol–water partition coefficient (Wildman–Crippen LogP) is 14.9. The van der Waals surface area contributed by atoms with E-state index in [0.29, 0.717) is 23.9 Å². The summed E-state index contributed by atoms with van der Waals surface area (Å²) in [6, 6.07) is 0. The van der Waals surface area contributed by atoms with Crippen LogP contribution in [-0.2, 0) is 32.7 Å². The fraction of sp³-hybridized carbons (Fsp3) is 0.843. The summed E-state index contributed by atoms with van der Waals surface area (Å²) in [4.78, 5) is 35.5. The number of rotatable bonds is 46. The number of carbonyl (C=O) groups is 2. The van der Waals surface area contributed by atoms with E-state index < -0.39 is 26.5 Å². The Balaban J connectivity index is 4.20. The monoisotopic (exact) mass is 883 g/mol. The lowest BCUT2D eigenvalue weighted by Gasteiger charge is -2.24. The first-order valence-electron chi connectivity index (χ1n) is 25.2. The zero-order chi connectivity index (χ0) is 45.0. The SMILES string of the molecule is CCCCCCC/C=C\C/C=C\C/C=C\CCCCCCCCCCCCC(=O)OC(COC(=O)CCCCCCCCCCCCCC)COP(=O)(O)OCC[N+](C)(C)C. The molecule has 0 aliphatic rings. The molecule has 358 valence electrons. The Morgan fingerprint density at radius 3 is 1.31 bits per heavy atom. The molecular formula is C51H97NO8P+. The second-order valence-corrected chi connectivity index (χ2v) is 19.7. The summed E-state index contributed by atoms with van der Waals surface area (Å²) in [5, 5.41) is 0. The van der Waals surface area contributed by atoms with Crippen molar-refractivity contribution >= 4 is 19.8 Å². The summed E-state index contributed by atoms with van der Waals surface area (Å²) < 4.78 is 34.4. The smallest absolute Gasteiger partial charge is 0.462 e. The van der Waals surface area contributed by atoms with Crippen LogP contribution in [-0.4, -0.2) is 74.9 Å². The number of allylic oxidation sites excluding steroid dienone is 6.